The molecule has 0 radical (unpaired) electrons. The van der Waals surface area contributed by atoms with Crippen molar-refractivity contribution in [3.8, 4) is 5.75 Å². The normalized spacial score (nSPS) is 31.0. The van der Waals surface area contributed by atoms with Crippen molar-refractivity contribution < 1.29 is 4.74 Å². The van der Waals surface area contributed by atoms with Crippen LogP contribution in [0, 0.1) is 5.92 Å². The predicted molar refractivity (Wildman–Crippen MR) is 47.3 cm³/mol. The van der Waals surface area contributed by atoms with Crippen LogP contribution in [0.15, 0.2) is 24.3 Å². The molecule has 0 spiro atoms. The maximum atomic E-state index is 5.83. The molecule has 3 rings (SSSR count). The van der Waals surface area contributed by atoms with Gasteiger partial charge in [-0.1, -0.05) is 18.2 Å². The van der Waals surface area contributed by atoms with Crippen LogP contribution < -0.4 is 4.74 Å². The molecular weight excluding hydrogens is 148 g/mol. The Labute approximate surface area is 72.4 Å². The molecule has 2 aliphatic rings. The number of hydrogen-bond acceptors (Lipinski definition) is 1. The van der Waals surface area contributed by atoms with Crippen molar-refractivity contribution in [3.05, 3.63) is 29.8 Å². The Morgan fingerprint density at radius 2 is 2.08 bits per heavy atom. The summed E-state index contributed by atoms with van der Waals surface area (Å²) in [5.74, 6) is 1.94. The van der Waals surface area contributed by atoms with Crippen LogP contribution in [0.4, 0.5) is 0 Å². The molecular formula is C11H12O. The molecule has 0 saturated heterocycles. The molecule has 1 aromatic rings. The molecule has 1 fully saturated rings. The first kappa shape index (κ1) is 6.53. The van der Waals surface area contributed by atoms with Gasteiger partial charge in [-0.25, -0.2) is 0 Å². The highest BCUT2D eigenvalue weighted by atomic mass is 16.5. The first-order chi connectivity index (χ1) is 5.93. The van der Waals surface area contributed by atoms with E-state index in [1.54, 1.807) is 0 Å². The Bertz CT molecular complexity index is 275. The molecule has 12 heavy (non-hydrogen) atoms. The van der Waals surface area contributed by atoms with E-state index in [4.69, 9.17) is 4.74 Å². The summed E-state index contributed by atoms with van der Waals surface area (Å²) in [6.07, 6.45) is 4.40. The topological polar surface area (TPSA) is 9.23 Å². The molecule has 0 amide bonds. The van der Waals surface area contributed by atoms with E-state index in [1.807, 2.05) is 0 Å². The molecule has 1 nitrogen and oxygen atoms in total. The van der Waals surface area contributed by atoms with Crippen molar-refractivity contribution in [1.29, 1.82) is 0 Å². The first-order valence-electron chi connectivity index (χ1n) is 4.68. The number of rotatable bonds is 0. The Kier molecular flexibility index (Phi) is 1.23. The molecule has 1 aliphatic carbocycles. The Balaban J connectivity index is 2.00. The first-order valence-corrected chi connectivity index (χ1v) is 4.68. The van der Waals surface area contributed by atoms with E-state index in [0.29, 0.717) is 6.10 Å². The molecule has 0 aromatic heterocycles. The van der Waals surface area contributed by atoms with Crippen LogP contribution in [0.2, 0.25) is 0 Å². The number of fused-ring (bicyclic) bond motifs is 2. The zero-order valence-corrected chi connectivity index (χ0v) is 6.99. The van der Waals surface area contributed by atoms with Crippen LogP contribution >= 0.6 is 0 Å². The lowest BCUT2D eigenvalue weighted by atomic mass is 9.76. The van der Waals surface area contributed by atoms with Gasteiger partial charge in [0.2, 0.25) is 0 Å². The van der Waals surface area contributed by atoms with Crippen molar-refractivity contribution in [2.24, 2.45) is 5.92 Å². The van der Waals surface area contributed by atoms with Crippen LogP contribution in [0.1, 0.15) is 18.4 Å². The van der Waals surface area contributed by atoms with Crippen LogP contribution in [0.3, 0.4) is 0 Å². The van der Waals surface area contributed by atoms with Gasteiger partial charge in [0, 0.05) is 5.92 Å². The van der Waals surface area contributed by atoms with Crippen LogP contribution in [0.5, 0.6) is 5.75 Å². The average molecular weight is 160 g/mol. The molecule has 1 saturated carbocycles. The largest absolute Gasteiger partial charge is 0.490 e. The fraction of sp³-hybridized carbons (Fsp3) is 0.455. The van der Waals surface area contributed by atoms with Crippen LogP contribution in [-0.2, 0) is 6.42 Å². The maximum Gasteiger partial charge on any atom is 0.122 e. The van der Waals surface area contributed by atoms with E-state index in [2.05, 4.69) is 24.3 Å². The molecule has 0 bridgehead atoms. The lowest BCUT2D eigenvalue weighted by molar-refractivity contribution is 0.0300. The third kappa shape index (κ3) is 0.795. The van der Waals surface area contributed by atoms with E-state index >= 15 is 0 Å². The van der Waals surface area contributed by atoms with E-state index in [9.17, 15) is 0 Å². The minimum atomic E-state index is 0.542. The molecule has 0 N–H and O–H groups in total. The summed E-state index contributed by atoms with van der Waals surface area (Å²) in [6, 6.07) is 8.42. The van der Waals surface area contributed by atoms with E-state index in [0.717, 1.165) is 11.7 Å². The van der Waals surface area contributed by atoms with Crippen molar-refractivity contribution in [2.75, 3.05) is 0 Å². The van der Waals surface area contributed by atoms with Crippen molar-refractivity contribution in [3.63, 3.8) is 0 Å². The quantitative estimate of drug-likeness (QED) is 0.566. The minimum absolute atomic E-state index is 0.542. The number of para-hydroxylation sites is 1. The lowest BCUT2D eigenvalue weighted by Gasteiger charge is -2.41. The highest BCUT2D eigenvalue weighted by Crippen LogP contribution is 2.40. The van der Waals surface area contributed by atoms with Gasteiger partial charge in [0.1, 0.15) is 11.9 Å². The van der Waals surface area contributed by atoms with Crippen molar-refractivity contribution in [1.82, 2.24) is 0 Å². The van der Waals surface area contributed by atoms with Gasteiger partial charge < -0.3 is 4.74 Å². The van der Waals surface area contributed by atoms with Gasteiger partial charge in [-0.15, -0.1) is 0 Å². The van der Waals surface area contributed by atoms with Gasteiger partial charge in [0.15, 0.2) is 0 Å². The second kappa shape index (κ2) is 2.25. The Morgan fingerprint density at radius 1 is 1.17 bits per heavy atom. The molecule has 1 heteroatoms. The third-order valence-electron chi connectivity index (χ3n) is 3.08. The minimum Gasteiger partial charge on any atom is -0.490 e. The highest BCUT2D eigenvalue weighted by Gasteiger charge is 2.36. The van der Waals surface area contributed by atoms with E-state index in [-0.39, 0.29) is 0 Å². The van der Waals surface area contributed by atoms with Crippen molar-refractivity contribution >= 4 is 0 Å². The van der Waals surface area contributed by atoms with E-state index in [1.165, 1.54) is 24.8 Å². The van der Waals surface area contributed by atoms with Gasteiger partial charge >= 0.3 is 0 Å². The fourth-order valence-electron chi connectivity index (χ4n) is 2.16. The zero-order valence-electron chi connectivity index (χ0n) is 6.99. The molecule has 1 heterocycles. The smallest absolute Gasteiger partial charge is 0.122 e. The predicted octanol–water partition coefficient (Wildman–Crippen LogP) is 2.40. The van der Waals surface area contributed by atoms with E-state index < -0.39 is 0 Å². The summed E-state index contributed by atoms with van der Waals surface area (Å²) in [7, 11) is 0. The molecule has 1 aliphatic heterocycles. The molecule has 62 valence electrons. The fourth-order valence-corrected chi connectivity index (χ4v) is 2.16. The van der Waals surface area contributed by atoms with Gasteiger partial charge in [-0.2, -0.15) is 0 Å². The van der Waals surface area contributed by atoms with Crippen molar-refractivity contribution in [2.45, 2.75) is 25.4 Å². The van der Waals surface area contributed by atoms with Crippen LogP contribution in [-0.4, -0.2) is 6.10 Å². The van der Waals surface area contributed by atoms with Gasteiger partial charge in [-0.05, 0) is 30.9 Å². The Hall–Kier alpha value is -0.980. The maximum absolute atomic E-state index is 5.83. The van der Waals surface area contributed by atoms with Gasteiger partial charge in [-0.3, -0.25) is 0 Å². The monoisotopic (exact) mass is 160 g/mol. The second-order valence-corrected chi connectivity index (χ2v) is 3.81. The van der Waals surface area contributed by atoms with Gasteiger partial charge in [0.25, 0.3) is 0 Å². The third-order valence-corrected chi connectivity index (χ3v) is 3.08. The Morgan fingerprint density at radius 3 is 2.92 bits per heavy atom. The average Bonchev–Trinajstić information content (AvgIpc) is 2.09. The zero-order chi connectivity index (χ0) is 7.97. The summed E-state index contributed by atoms with van der Waals surface area (Å²) >= 11 is 0. The number of benzene rings is 1. The highest BCUT2D eigenvalue weighted by molar-refractivity contribution is 5.36. The molecule has 2 atom stereocenters. The summed E-state index contributed by atoms with van der Waals surface area (Å²) in [5.41, 5.74) is 1.40. The summed E-state index contributed by atoms with van der Waals surface area (Å²) in [5, 5.41) is 0. The lowest BCUT2D eigenvalue weighted by Crippen LogP contribution is -2.41. The molecule has 1 aromatic carbocycles. The number of hydrogen-bond donors (Lipinski definition) is 0. The SMILES string of the molecule is c1ccc2c(c1)CC1CCC1O2. The van der Waals surface area contributed by atoms with Gasteiger partial charge in [0.05, 0.1) is 0 Å². The summed E-state index contributed by atoms with van der Waals surface area (Å²) in [4.78, 5) is 0. The number of ether oxygens (including phenoxy) is 1. The summed E-state index contributed by atoms with van der Waals surface area (Å²) in [6.45, 7) is 0. The second-order valence-electron chi connectivity index (χ2n) is 3.81. The molecule has 2 unspecified atom stereocenters. The summed E-state index contributed by atoms with van der Waals surface area (Å²) < 4.78 is 5.83. The standard InChI is InChI=1S/C11H12O/c1-2-4-10-8(3-1)7-9-5-6-11(9)12-10/h1-4,9,11H,5-7H2. The van der Waals surface area contributed by atoms with Crippen LogP contribution in [0.25, 0.3) is 0 Å².